The summed E-state index contributed by atoms with van der Waals surface area (Å²) < 4.78 is 1.96. The van der Waals surface area contributed by atoms with Crippen LogP contribution in [-0.2, 0) is 13.0 Å². The first kappa shape index (κ1) is 16.1. The number of H-pyrrole nitrogens is 1. The molecule has 2 rings (SSSR count). The van der Waals surface area contributed by atoms with Crippen LogP contribution in [0.25, 0.3) is 0 Å². The number of carbonyl (C=O) groups excluding carboxylic acids is 2. The van der Waals surface area contributed by atoms with Crippen LogP contribution in [0.5, 0.6) is 0 Å². The number of aromatic amines is 1. The van der Waals surface area contributed by atoms with Crippen molar-refractivity contribution in [1.82, 2.24) is 4.98 Å². The van der Waals surface area contributed by atoms with Crippen molar-refractivity contribution in [2.45, 2.75) is 47.6 Å². The van der Waals surface area contributed by atoms with Crippen LogP contribution < -0.4 is 4.57 Å². The van der Waals surface area contributed by atoms with Crippen LogP contribution in [0.2, 0.25) is 0 Å². The summed E-state index contributed by atoms with van der Waals surface area (Å²) in [6, 6.07) is 4.11. The fourth-order valence-electron chi connectivity index (χ4n) is 2.84. The molecule has 0 aromatic carbocycles. The lowest BCUT2D eigenvalue weighted by molar-refractivity contribution is -0.689. The predicted octanol–water partition coefficient (Wildman–Crippen LogP) is 2.88. The molecule has 0 aliphatic heterocycles. The molecule has 0 atom stereocenters. The molecule has 4 nitrogen and oxygen atoms in total. The fraction of sp³-hybridized carbons (Fsp3) is 0.389. The summed E-state index contributed by atoms with van der Waals surface area (Å²) >= 11 is 0. The molecule has 22 heavy (non-hydrogen) atoms. The number of rotatable bonds is 5. The summed E-state index contributed by atoms with van der Waals surface area (Å²) in [5.74, 6) is -0.0171. The number of hydrogen-bond acceptors (Lipinski definition) is 2. The minimum atomic E-state index is -0.0119. The maximum atomic E-state index is 12.6. The third-order valence-corrected chi connectivity index (χ3v) is 4.10. The van der Waals surface area contributed by atoms with E-state index in [1.54, 1.807) is 0 Å². The summed E-state index contributed by atoms with van der Waals surface area (Å²) in [5.41, 5.74) is 4.92. The van der Waals surface area contributed by atoms with Crippen molar-refractivity contribution in [2.75, 3.05) is 0 Å². The van der Waals surface area contributed by atoms with Gasteiger partial charge in [0.1, 0.15) is 0 Å². The van der Waals surface area contributed by atoms with E-state index in [1.807, 2.05) is 37.6 Å². The molecule has 0 radical (unpaired) electrons. The molecule has 0 saturated carbocycles. The van der Waals surface area contributed by atoms with Crippen molar-refractivity contribution in [3.8, 4) is 0 Å². The van der Waals surface area contributed by atoms with E-state index in [1.165, 1.54) is 12.5 Å². The number of hydrogen-bond donors (Lipinski definition) is 1. The second-order valence-electron chi connectivity index (χ2n) is 5.76. The third-order valence-electron chi connectivity index (χ3n) is 4.10. The Kier molecular flexibility index (Phi) is 4.59. The van der Waals surface area contributed by atoms with Crippen molar-refractivity contribution in [2.24, 2.45) is 0 Å². The van der Waals surface area contributed by atoms with E-state index in [4.69, 9.17) is 0 Å². The van der Waals surface area contributed by atoms with Gasteiger partial charge in [0.25, 0.3) is 0 Å². The second-order valence-corrected chi connectivity index (χ2v) is 5.76. The van der Waals surface area contributed by atoms with Crippen LogP contribution >= 0.6 is 0 Å². The molecule has 0 unspecified atom stereocenters. The SMILES string of the molecule is CCc1ccc(C)[n+](CC(=O)c2[nH]c(C)c(C(C)=O)c2C)c1. The van der Waals surface area contributed by atoms with Crippen molar-refractivity contribution in [3.05, 3.63) is 52.1 Å². The highest BCUT2D eigenvalue weighted by Gasteiger charge is 2.23. The van der Waals surface area contributed by atoms with Gasteiger partial charge in [-0.2, -0.15) is 4.57 Å². The standard InChI is InChI=1S/C18H22N2O2/c1-6-15-8-7-11(2)20(9-15)10-16(22)18-12(3)17(14(5)21)13(4)19-18/h7-9H,6,10H2,1-5H3/p+1. The Labute approximate surface area is 131 Å². The van der Waals surface area contributed by atoms with Crippen LogP contribution in [0.15, 0.2) is 18.3 Å². The van der Waals surface area contributed by atoms with Crippen molar-refractivity contribution < 1.29 is 14.2 Å². The Morgan fingerprint density at radius 3 is 2.41 bits per heavy atom. The van der Waals surface area contributed by atoms with Crippen LogP contribution in [0, 0.1) is 20.8 Å². The van der Waals surface area contributed by atoms with Gasteiger partial charge in [-0.1, -0.05) is 6.92 Å². The monoisotopic (exact) mass is 299 g/mol. The third kappa shape index (κ3) is 3.01. The number of pyridine rings is 1. The molecule has 116 valence electrons. The first-order chi connectivity index (χ1) is 10.3. The first-order valence-corrected chi connectivity index (χ1v) is 7.57. The van der Waals surface area contributed by atoms with Crippen LogP contribution in [0.3, 0.4) is 0 Å². The molecule has 0 aliphatic carbocycles. The number of aryl methyl sites for hydroxylation is 3. The van der Waals surface area contributed by atoms with E-state index in [0.29, 0.717) is 11.3 Å². The van der Waals surface area contributed by atoms with Gasteiger partial charge in [0.15, 0.2) is 17.7 Å². The van der Waals surface area contributed by atoms with Gasteiger partial charge in [-0.3, -0.25) is 9.59 Å². The van der Waals surface area contributed by atoms with E-state index < -0.39 is 0 Å². The molecule has 2 aromatic heterocycles. The maximum absolute atomic E-state index is 12.6. The lowest BCUT2D eigenvalue weighted by atomic mass is 10.1. The Morgan fingerprint density at radius 2 is 1.86 bits per heavy atom. The quantitative estimate of drug-likeness (QED) is 0.682. The fourth-order valence-corrected chi connectivity index (χ4v) is 2.84. The molecule has 0 aliphatic rings. The Morgan fingerprint density at radius 1 is 1.18 bits per heavy atom. The lowest BCUT2D eigenvalue weighted by Crippen LogP contribution is -2.41. The molecule has 0 spiro atoms. The average Bonchev–Trinajstić information content (AvgIpc) is 2.76. The summed E-state index contributed by atoms with van der Waals surface area (Å²) in [7, 11) is 0. The lowest BCUT2D eigenvalue weighted by Gasteiger charge is -2.03. The average molecular weight is 299 g/mol. The number of nitrogens with zero attached hydrogens (tertiary/aromatic N) is 1. The molecular formula is C18H23N2O2+. The van der Waals surface area contributed by atoms with Crippen molar-refractivity contribution >= 4 is 11.6 Å². The number of ketones is 2. The van der Waals surface area contributed by atoms with Gasteiger partial charge < -0.3 is 4.98 Å². The van der Waals surface area contributed by atoms with Crippen molar-refractivity contribution in [3.63, 3.8) is 0 Å². The number of aromatic nitrogens is 2. The summed E-state index contributed by atoms with van der Waals surface area (Å²) in [6.07, 6.45) is 2.95. The van der Waals surface area contributed by atoms with Crippen LogP contribution in [0.1, 0.15) is 57.2 Å². The van der Waals surface area contributed by atoms with E-state index in [9.17, 15) is 9.59 Å². The number of Topliss-reactive ketones (excluding diaryl/α,β-unsaturated/α-hetero) is 2. The van der Waals surface area contributed by atoms with Gasteiger partial charge in [0.05, 0.1) is 5.69 Å². The maximum Gasteiger partial charge on any atom is 0.243 e. The highest BCUT2D eigenvalue weighted by atomic mass is 16.1. The largest absolute Gasteiger partial charge is 0.355 e. The van der Waals surface area contributed by atoms with Gasteiger partial charge in [0, 0.05) is 29.8 Å². The van der Waals surface area contributed by atoms with Crippen molar-refractivity contribution in [1.29, 1.82) is 0 Å². The minimum absolute atomic E-state index is 0.00514. The van der Waals surface area contributed by atoms with Crippen LogP contribution in [-0.4, -0.2) is 16.6 Å². The van der Waals surface area contributed by atoms with Crippen LogP contribution in [0.4, 0.5) is 0 Å². The number of nitrogens with one attached hydrogen (secondary N) is 1. The summed E-state index contributed by atoms with van der Waals surface area (Å²) in [4.78, 5) is 27.4. The molecule has 0 bridgehead atoms. The Hall–Kier alpha value is -2.23. The molecular weight excluding hydrogens is 276 g/mol. The predicted molar refractivity (Wildman–Crippen MR) is 85.4 cm³/mol. The van der Waals surface area contributed by atoms with Gasteiger partial charge >= 0.3 is 0 Å². The smallest absolute Gasteiger partial charge is 0.243 e. The first-order valence-electron chi connectivity index (χ1n) is 7.57. The highest BCUT2D eigenvalue weighted by molar-refractivity contribution is 6.02. The zero-order valence-corrected chi connectivity index (χ0v) is 13.9. The van der Waals surface area contributed by atoms with Gasteiger partial charge in [-0.25, -0.2) is 0 Å². The van der Waals surface area contributed by atoms with Gasteiger partial charge in [-0.15, -0.1) is 0 Å². The normalized spacial score (nSPS) is 10.8. The minimum Gasteiger partial charge on any atom is -0.355 e. The van der Waals surface area contributed by atoms with E-state index in [-0.39, 0.29) is 18.1 Å². The molecule has 0 saturated heterocycles. The molecule has 0 amide bonds. The van der Waals surface area contributed by atoms with Gasteiger partial charge in [-0.05, 0) is 38.8 Å². The zero-order chi connectivity index (χ0) is 16.4. The molecule has 2 aromatic rings. The molecule has 2 heterocycles. The topological polar surface area (TPSA) is 53.8 Å². The molecule has 4 heteroatoms. The Bertz CT molecular complexity index is 742. The summed E-state index contributed by atoms with van der Waals surface area (Å²) in [6.45, 7) is 9.54. The summed E-state index contributed by atoms with van der Waals surface area (Å²) in [5, 5.41) is 0. The highest BCUT2D eigenvalue weighted by Crippen LogP contribution is 2.19. The Balaban J connectivity index is 2.34. The number of carbonyl (C=O) groups is 2. The van der Waals surface area contributed by atoms with Gasteiger partial charge in [0.2, 0.25) is 12.3 Å². The zero-order valence-electron chi connectivity index (χ0n) is 13.9. The van der Waals surface area contributed by atoms with E-state index >= 15 is 0 Å². The van der Waals surface area contributed by atoms with E-state index in [0.717, 1.165) is 23.4 Å². The van der Waals surface area contributed by atoms with E-state index in [2.05, 4.69) is 18.0 Å². The molecule has 1 N–H and O–H groups in total. The second kappa shape index (κ2) is 6.26. The molecule has 0 fully saturated rings.